The van der Waals surface area contributed by atoms with Crippen molar-refractivity contribution >= 4 is 5.78 Å². The number of nitrogens with zero attached hydrogens (tertiary/aromatic N) is 1. The summed E-state index contributed by atoms with van der Waals surface area (Å²) in [4.78, 5) is 25.1. The molecule has 76 valence electrons. The summed E-state index contributed by atoms with van der Waals surface area (Å²) in [5.74, 6) is -0.255. The summed E-state index contributed by atoms with van der Waals surface area (Å²) in [6.07, 6.45) is 0. The molecule has 0 bridgehead atoms. The minimum atomic E-state index is -0.962. The van der Waals surface area contributed by atoms with Crippen molar-refractivity contribution in [1.82, 2.24) is 0 Å². The van der Waals surface area contributed by atoms with Crippen LogP contribution in [0.15, 0.2) is 0 Å². The molecule has 0 radical (unpaired) electrons. The quantitative estimate of drug-likeness (QED) is 0.502. The number of hydrogen-bond acceptors (Lipinski definition) is 5. The van der Waals surface area contributed by atoms with Crippen LogP contribution in [0.2, 0.25) is 0 Å². The van der Waals surface area contributed by atoms with Gasteiger partial charge in [0.25, 0.3) is 5.09 Å². The molecular weight excluding hydrogens is 176 g/mol. The van der Waals surface area contributed by atoms with E-state index in [1.165, 1.54) is 0 Å². The predicted octanol–water partition coefficient (Wildman–Crippen LogP) is 0.137. The maximum absolute atomic E-state index is 11.3. The van der Waals surface area contributed by atoms with Gasteiger partial charge in [0.2, 0.25) is 0 Å². The summed E-state index contributed by atoms with van der Waals surface area (Å²) in [6.45, 7) is 4.70. The van der Waals surface area contributed by atoms with Gasteiger partial charge >= 0.3 is 0 Å². The minimum Gasteiger partial charge on any atom is -0.320 e. The van der Waals surface area contributed by atoms with E-state index >= 15 is 0 Å². The van der Waals surface area contributed by atoms with Gasteiger partial charge in [0, 0.05) is 5.41 Å². The number of Topliss-reactive ketones (excluding diaryl/α,β-unsaturated/α-hetero) is 1. The van der Waals surface area contributed by atoms with E-state index in [-0.39, 0.29) is 12.4 Å². The van der Waals surface area contributed by atoms with E-state index in [4.69, 9.17) is 5.73 Å². The van der Waals surface area contributed by atoms with Crippen LogP contribution in [0.1, 0.15) is 20.8 Å². The number of nitrogens with two attached hydrogens (primary N) is 1. The Morgan fingerprint density at radius 1 is 1.62 bits per heavy atom. The maximum atomic E-state index is 11.3. The lowest BCUT2D eigenvalue weighted by molar-refractivity contribution is -0.757. The van der Waals surface area contributed by atoms with E-state index < -0.39 is 16.5 Å². The fourth-order valence-electron chi connectivity index (χ4n) is 0.773. The van der Waals surface area contributed by atoms with Crippen LogP contribution in [0.3, 0.4) is 0 Å². The van der Waals surface area contributed by atoms with Crippen molar-refractivity contribution < 1.29 is 14.7 Å². The van der Waals surface area contributed by atoms with Crippen molar-refractivity contribution in [3.05, 3.63) is 10.1 Å². The monoisotopic (exact) mass is 190 g/mol. The molecule has 0 aliphatic carbocycles. The van der Waals surface area contributed by atoms with Gasteiger partial charge < -0.3 is 10.6 Å². The van der Waals surface area contributed by atoms with Gasteiger partial charge in [-0.2, -0.15) is 0 Å². The molecule has 0 amide bonds. The van der Waals surface area contributed by atoms with E-state index in [9.17, 15) is 14.9 Å². The van der Waals surface area contributed by atoms with Crippen LogP contribution in [-0.4, -0.2) is 23.5 Å². The van der Waals surface area contributed by atoms with Gasteiger partial charge in [-0.3, -0.25) is 4.79 Å². The molecule has 13 heavy (non-hydrogen) atoms. The molecule has 6 heteroatoms. The Hall–Kier alpha value is -1.17. The van der Waals surface area contributed by atoms with Crippen molar-refractivity contribution in [2.75, 3.05) is 6.61 Å². The third-order valence-corrected chi connectivity index (χ3v) is 1.44. The largest absolute Gasteiger partial charge is 0.320 e. The van der Waals surface area contributed by atoms with Crippen molar-refractivity contribution in [1.29, 1.82) is 0 Å². The number of ketones is 1. The summed E-state index contributed by atoms with van der Waals surface area (Å²) in [7, 11) is 0. The third-order valence-electron chi connectivity index (χ3n) is 1.44. The van der Waals surface area contributed by atoms with Crippen LogP contribution < -0.4 is 5.73 Å². The molecule has 0 fully saturated rings. The van der Waals surface area contributed by atoms with Gasteiger partial charge in [-0.15, -0.1) is 10.1 Å². The van der Waals surface area contributed by atoms with E-state index in [0.29, 0.717) is 0 Å². The van der Waals surface area contributed by atoms with Crippen LogP contribution in [0.4, 0.5) is 0 Å². The summed E-state index contributed by atoms with van der Waals surface area (Å²) in [5, 5.41) is 8.83. The Morgan fingerprint density at radius 2 is 2.08 bits per heavy atom. The van der Waals surface area contributed by atoms with Crippen LogP contribution >= 0.6 is 0 Å². The standard InChI is InChI=1S/C7H14N2O4/c1-7(2,3)6(10)5(8)4-13-9(11)12/h5H,4,8H2,1-3H3. The number of hydrogen-bond donors (Lipinski definition) is 1. The highest BCUT2D eigenvalue weighted by Crippen LogP contribution is 2.15. The first-order valence-corrected chi connectivity index (χ1v) is 3.82. The lowest BCUT2D eigenvalue weighted by Gasteiger charge is -2.20. The Kier molecular flexibility index (Phi) is 3.80. The molecule has 0 saturated heterocycles. The van der Waals surface area contributed by atoms with E-state index in [1.54, 1.807) is 20.8 Å². The van der Waals surface area contributed by atoms with Crippen LogP contribution in [0.25, 0.3) is 0 Å². The number of carbonyl (C=O) groups is 1. The van der Waals surface area contributed by atoms with Crippen molar-refractivity contribution in [2.24, 2.45) is 11.1 Å². The molecule has 0 aliphatic rings. The fraction of sp³-hybridized carbons (Fsp3) is 0.857. The molecule has 0 rings (SSSR count). The Balaban J connectivity index is 4.05. The minimum absolute atomic E-state index is 0.255. The first-order chi connectivity index (χ1) is 5.75. The molecule has 6 nitrogen and oxygen atoms in total. The molecule has 0 saturated carbocycles. The van der Waals surface area contributed by atoms with Gasteiger partial charge in [-0.05, 0) is 0 Å². The van der Waals surface area contributed by atoms with E-state index in [0.717, 1.165) is 0 Å². The summed E-state index contributed by atoms with van der Waals surface area (Å²) in [6, 6.07) is -0.939. The van der Waals surface area contributed by atoms with E-state index in [2.05, 4.69) is 4.84 Å². The molecule has 0 heterocycles. The van der Waals surface area contributed by atoms with Crippen molar-refractivity contribution in [3.8, 4) is 0 Å². The molecule has 2 N–H and O–H groups in total. The highest BCUT2D eigenvalue weighted by Gasteiger charge is 2.27. The fourth-order valence-corrected chi connectivity index (χ4v) is 0.773. The first-order valence-electron chi connectivity index (χ1n) is 3.82. The highest BCUT2D eigenvalue weighted by molar-refractivity contribution is 5.88. The second-order valence-corrected chi connectivity index (χ2v) is 3.74. The lowest BCUT2D eigenvalue weighted by Crippen LogP contribution is -2.42. The molecule has 0 aromatic heterocycles. The number of carbonyl (C=O) groups excluding carboxylic acids is 1. The second-order valence-electron chi connectivity index (χ2n) is 3.74. The molecule has 0 aromatic carbocycles. The van der Waals surface area contributed by atoms with Crippen molar-refractivity contribution in [2.45, 2.75) is 26.8 Å². The smallest absolute Gasteiger partial charge is 0.294 e. The van der Waals surface area contributed by atoms with Crippen LogP contribution in [-0.2, 0) is 9.63 Å². The Morgan fingerprint density at radius 3 is 2.38 bits per heavy atom. The zero-order valence-electron chi connectivity index (χ0n) is 7.94. The van der Waals surface area contributed by atoms with Crippen molar-refractivity contribution in [3.63, 3.8) is 0 Å². The average Bonchev–Trinajstić information content (AvgIpc) is 1.96. The SMILES string of the molecule is CC(C)(C)C(=O)C(N)CO[N+](=O)[O-]. The second kappa shape index (κ2) is 4.18. The zero-order chi connectivity index (χ0) is 10.6. The van der Waals surface area contributed by atoms with E-state index in [1.807, 2.05) is 0 Å². The summed E-state index contributed by atoms with van der Waals surface area (Å²) in [5.41, 5.74) is 4.77. The molecule has 0 aromatic rings. The molecule has 0 spiro atoms. The summed E-state index contributed by atoms with van der Waals surface area (Å²) < 4.78 is 0. The molecular formula is C7H14N2O4. The normalized spacial score (nSPS) is 13.5. The van der Waals surface area contributed by atoms with Gasteiger partial charge in [-0.1, -0.05) is 20.8 Å². The average molecular weight is 190 g/mol. The van der Waals surface area contributed by atoms with Gasteiger partial charge in [0.05, 0.1) is 6.04 Å². The Labute approximate surface area is 76.2 Å². The Bertz CT molecular complexity index is 209. The third kappa shape index (κ3) is 4.41. The zero-order valence-corrected chi connectivity index (χ0v) is 7.94. The molecule has 1 atom stereocenters. The summed E-state index contributed by atoms with van der Waals surface area (Å²) >= 11 is 0. The molecule has 0 aliphatic heterocycles. The topological polar surface area (TPSA) is 95.5 Å². The van der Waals surface area contributed by atoms with Gasteiger partial charge in [0.1, 0.15) is 6.61 Å². The van der Waals surface area contributed by atoms with Gasteiger partial charge in [0.15, 0.2) is 5.78 Å². The molecule has 1 unspecified atom stereocenters. The van der Waals surface area contributed by atoms with Crippen LogP contribution in [0.5, 0.6) is 0 Å². The highest BCUT2D eigenvalue weighted by atomic mass is 16.9. The maximum Gasteiger partial charge on any atom is 0.294 e. The number of rotatable bonds is 4. The predicted molar refractivity (Wildman–Crippen MR) is 45.4 cm³/mol. The van der Waals surface area contributed by atoms with Crippen LogP contribution in [0, 0.1) is 15.5 Å². The van der Waals surface area contributed by atoms with Gasteiger partial charge in [-0.25, -0.2) is 0 Å². The first kappa shape index (κ1) is 11.8. The lowest BCUT2D eigenvalue weighted by atomic mass is 9.87.